The first-order valence-corrected chi connectivity index (χ1v) is 5.53. The van der Waals surface area contributed by atoms with E-state index in [1.54, 1.807) is 5.56 Å². The quantitative estimate of drug-likeness (QED) is 0.598. The molecule has 0 radical (unpaired) electrons. The molecule has 2 atom stereocenters. The number of hydrogen-bond acceptors (Lipinski definition) is 0. The molecule has 0 amide bonds. The molecule has 1 aromatic carbocycles. The Labute approximate surface area is 86.8 Å². The van der Waals surface area contributed by atoms with Crippen molar-refractivity contribution in [2.45, 2.75) is 25.2 Å². The van der Waals surface area contributed by atoms with E-state index in [4.69, 9.17) is 0 Å². The van der Waals surface area contributed by atoms with Gasteiger partial charge in [-0.05, 0) is 36.1 Å². The number of allylic oxidation sites excluding steroid dienone is 2. The highest BCUT2D eigenvalue weighted by Crippen LogP contribution is 2.51. The molecule has 0 aromatic heterocycles. The monoisotopic (exact) mass is 234 g/mol. The molecule has 0 aliphatic heterocycles. The largest absolute Gasteiger partial charge is 0.0803 e. The number of hydrogen-bond donors (Lipinski definition) is 0. The normalized spacial score (nSPS) is 28.2. The Bertz CT molecular complexity index is 404. The van der Waals surface area contributed by atoms with E-state index in [1.165, 1.54) is 22.0 Å². The number of aryl methyl sites for hydroxylation is 1. The van der Waals surface area contributed by atoms with Crippen LogP contribution in [-0.2, 0) is 0 Å². The van der Waals surface area contributed by atoms with Gasteiger partial charge in [-0.2, -0.15) is 0 Å². The van der Waals surface area contributed by atoms with Crippen molar-refractivity contribution in [2.75, 3.05) is 0 Å². The fourth-order valence-electron chi connectivity index (χ4n) is 2.62. The summed E-state index contributed by atoms with van der Waals surface area (Å²) in [6.45, 7) is 2.17. The van der Waals surface area contributed by atoms with Crippen molar-refractivity contribution in [3.05, 3.63) is 45.4 Å². The van der Waals surface area contributed by atoms with E-state index in [-0.39, 0.29) is 0 Å². The van der Waals surface area contributed by atoms with E-state index in [0.717, 1.165) is 0 Å². The third-order valence-electron chi connectivity index (χ3n) is 3.16. The van der Waals surface area contributed by atoms with Crippen LogP contribution >= 0.6 is 15.9 Å². The fourth-order valence-corrected chi connectivity index (χ4v) is 3.51. The molecule has 2 unspecified atom stereocenters. The summed E-state index contributed by atoms with van der Waals surface area (Å²) >= 11 is 3.67. The third kappa shape index (κ3) is 0.969. The Balaban J connectivity index is 2.29. The van der Waals surface area contributed by atoms with Gasteiger partial charge in [-0.15, -0.1) is 0 Å². The summed E-state index contributed by atoms with van der Waals surface area (Å²) in [5, 5.41) is 0. The molecule has 0 saturated carbocycles. The number of halogens is 1. The van der Waals surface area contributed by atoms with Crippen molar-refractivity contribution in [1.29, 1.82) is 0 Å². The SMILES string of the molecule is Cc1cc(Br)c2c(c1)C1C=CC2C1. The molecule has 0 heterocycles. The van der Waals surface area contributed by atoms with Gasteiger partial charge in [-0.3, -0.25) is 0 Å². The molecule has 3 rings (SSSR count). The first-order chi connectivity index (χ1) is 6.25. The molecule has 2 aliphatic carbocycles. The number of benzene rings is 1. The molecule has 1 heteroatoms. The van der Waals surface area contributed by atoms with Gasteiger partial charge in [-0.25, -0.2) is 0 Å². The summed E-state index contributed by atoms with van der Waals surface area (Å²) in [5.74, 6) is 1.39. The van der Waals surface area contributed by atoms with E-state index in [0.29, 0.717) is 11.8 Å². The third-order valence-corrected chi connectivity index (χ3v) is 3.82. The van der Waals surface area contributed by atoms with Crippen molar-refractivity contribution in [3.8, 4) is 0 Å². The first-order valence-electron chi connectivity index (χ1n) is 4.74. The van der Waals surface area contributed by atoms with Gasteiger partial charge in [0.15, 0.2) is 0 Å². The van der Waals surface area contributed by atoms with Crippen LogP contribution in [0.1, 0.15) is 34.9 Å². The van der Waals surface area contributed by atoms with Gasteiger partial charge in [0, 0.05) is 16.3 Å². The van der Waals surface area contributed by atoms with Gasteiger partial charge in [0.05, 0.1) is 0 Å². The second kappa shape index (κ2) is 2.48. The van der Waals surface area contributed by atoms with Gasteiger partial charge >= 0.3 is 0 Å². The van der Waals surface area contributed by atoms with Crippen LogP contribution in [0.2, 0.25) is 0 Å². The fraction of sp³-hybridized carbons (Fsp3) is 0.333. The molecule has 1 aromatic rings. The molecule has 0 spiro atoms. The summed E-state index contributed by atoms with van der Waals surface area (Å²) in [7, 11) is 0. The lowest BCUT2D eigenvalue weighted by atomic mass is 9.95. The molecule has 2 aliphatic rings. The zero-order chi connectivity index (χ0) is 9.00. The van der Waals surface area contributed by atoms with Crippen LogP contribution in [0.5, 0.6) is 0 Å². The first kappa shape index (κ1) is 7.81. The molecule has 0 saturated heterocycles. The molecule has 2 bridgehead atoms. The molecular weight excluding hydrogens is 224 g/mol. The minimum Gasteiger partial charge on any atom is -0.0803 e. The maximum Gasteiger partial charge on any atom is 0.0218 e. The maximum atomic E-state index is 3.67. The predicted molar refractivity (Wildman–Crippen MR) is 58.1 cm³/mol. The van der Waals surface area contributed by atoms with Crippen LogP contribution in [0.25, 0.3) is 0 Å². The van der Waals surface area contributed by atoms with Crippen molar-refractivity contribution >= 4 is 15.9 Å². The lowest BCUT2D eigenvalue weighted by Crippen LogP contribution is -1.94. The van der Waals surface area contributed by atoms with Crippen LogP contribution in [0.15, 0.2) is 28.8 Å². The molecule has 0 nitrogen and oxygen atoms in total. The Morgan fingerprint density at radius 2 is 2.00 bits per heavy atom. The number of fused-ring (bicyclic) bond motifs is 5. The smallest absolute Gasteiger partial charge is 0.0218 e. The summed E-state index contributed by atoms with van der Waals surface area (Å²) in [4.78, 5) is 0. The van der Waals surface area contributed by atoms with Crippen LogP contribution in [-0.4, -0.2) is 0 Å². The lowest BCUT2D eigenvalue weighted by molar-refractivity contribution is 0.803. The van der Waals surface area contributed by atoms with Crippen LogP contribution < -0.4 is 0 Å². The molecule has 0 fully saturated rings. The Kier molecular flexibility index (Phi) is 1.49. The van der Waals surface area contributed by atoms with E-state index in [1.807, 2.05) is 0 Å². The highest BCUT2D eigenvalue weighted by atomic mass is 79.9. The van der Waals surface area contributed by atoms with Gasteiger partial charge in [0.25, 0.3) is 0 Å². The predicted octanol–water partition coefficient (Wildman–Crippen LogP) is 3.90. The maximum absolute atomic E-state index is 3.67. The van der Waals surface area contributed by atoms with Crippen molar-refractivity contribution < 1.29 is 0 Å². The number of rotatable bonds is 0. The van der Waals surface area contributed by atoms with Crippen LogP contribution in [0.3, 0.4) is 0 Å². The minimum absolute atomic E-state index is 0.690. The average Bonchev–Trinajstić information content (AvgIpc) is 2.62. The summed E-state index contributed by atoms with van der Waals surface area (Å²) in [6.07, 6.45) is 6.02. The molecular formula is C12H11Br. The van der Waals surface area contributed by atoms with Crippen LogP contribution in [0.4, 0.5) is 0 Å². The van der Waals surface area contributed by atoms with E-state index >= 15 is 0 Å². The van der Waals surface area contributed by atoms with Crippen molar-refractivity contribution in [1.82, 2.24) is 0 Å². The Morgan fingerprint density at radius 3 is 2.85 bits per heavy atom. The summed E-state index contributed by atoms with van der Waals surface area (Å²) < 4.78 is 1.30. The molecule has 66 valence electrons. The van der Waals surface area contributed by atoms with Gasteiger partial charge in [-0.1, -0.05) is 34.1 Å². The average molecular weight is 235 g/mol. The molecule has 0 N–H and O–H groups in total. The van der Waals surface area contributed by atoms with Crippen molar-refractivity contribution in [3.63, 3.8) is 0 Å². The molecule has 13 heavy (non-hydrogen) atoms. The lowest BCUT2D eigenvalue weighted by Gasteiger charge is -2.13. The van der Waals surface area contributed by atoms with Crippen molar-refractivity contribution in [2.24, 2.45) is 0 Å². The van der Waals surface area contributed by atoms with Gasteiger partial charge in [0.1, 0.15) is 0 Å². The standard InChI is InChI=1S/C12H11Br/c1-7-4-10-8-2-3-9(6-8)12(10)11(13)5-7/h2-5,8-9H,6H2,1H3. The zero-order valence-corrected chi connectivity index (χ0v) is 9.14. The minimum atomic E-state index is 0.690. The topological polar surface area (TPSA) is 0 Å². The zero-order valence-electron chi connectivity index (χ0n) is 7.55. The van der Waals surface area contributed by atoms with Gasteiger partial charge < -0.3 is 0 Å². The Hall–Kier alpha value is -0.560. The van der Waals surface area contributed by atoms with Crippen LogP contribution in [0, 0.1) is 6.92 Å². The second-order valence-electron chi connectivity index (χ2n) is 4.08. The van der Waals surface area contributed by atoms with E-state index in [9.17, 15) is 0 Å². The Morgan fingerprint density at radius 1 is 1.23 bits per heavy atom. The summed E-state index contributed by atoms with van der Waals surface area (Å²) in [5.41, 5.74) is 4.46. The highest BCUT2D eigenvalue weighted by Gasteiger charge is 2.33. The summed E-state index contributed by atoms with van der Waals surface area (Å²) in [6, 6.07) is 4.57. The second-order valence-corrected chi connectivity index (χ2v) is 4.94. The highest BCUT2D eigenvalue weighted by molar-refractivity contribution is 9.10. The van der Waals surface area contributed by atoms with Gasteiger partial charge in [0.2, 0.25) is 0 Å². The van der Waals surface area contributed by atoms with E-state index in [2.05, 4.69) is 47.1 Å². The van der Waals surface area contributed by atoms with E-state index < -0.39 is 0 Å².